The molecule has 1 fully saturated rings. The monoisotopic (exact) mass is 315 g/mol. The van der Waals surface area contributed by atoms with Gasteiger partial charge in [0.05, 0.1) is 7.05 Å². The molecule has 18 heavy (non-hydrogen) atoms. The predicted octanol–water partition coefficient (Wildman–Crippen LogP) is 1.93. The summed E-state index contributed by atoms with van der Waals surface area (Å²) < 4.78 is 1.34. The van der Waals surface area contributed by atoms with E-state index in [0.717, 1.165) is 18.2 Å². The van der Waals surface area contributed by atoms with E-state index < -0.39 is 4.92 Å². The third-order valence-corrected chi connectivity index (χ3v) is 4.06. The van der Waals surface area contributed by atoms with Crippen LogP contribution in [0.5, 0.6) is 0 Å². The smallest absolute Gasteiger partial charge is 0.323 e. The number of alkyl halides is 1. The summed E-state index contributed by atoms with van der Waals surface area (Å²) in [5.74, 6) is -0.194. The van der Waals surface area contributed by atoms with Gasteiger partial charge in [-0.3, -0.25) is 4.79 Å². The van der Waals surface area contributed by atoms with Crippen molar-refractivity contribution < 1.29 is 9.72 Å². The Morgan fingerprint density at radius 1 is 1.61 bits per heavy atom. The summed E-state index contributed by atoms with van der Waals surface area (Å²) in [6.45, 7) is 0.716. The third kappa shape index (κ3) is 2.14. The van der Waals surface area contributed by atoms with Gasteiger partial charge >= 0.3 is 5.82 Å². The summed E-state index contributed by atoms with van der Waals surface area (Å²) in [7, 11) is 1.55. The van der Waals surface area contributed by atoms with Gasteiger partial charge in [0.25, 0.3) is 5.91 Å². The number of nitrogens with zero attached hydrogens (tertiary/aromatic N) is 3. The second-order valence-corrected chi connectivity index (χ2v) is 4.99. The molecule has 0 saturated carbocycles. The van der Waals surface area contributed by atoms with Crippen LogP contribution in [0.15, 0.2) is 12.1 Å². The van der Waals surface area contributed by atoms with Crippen molar-refractivity contribution in [2.75, 3.05) is 11.9 Å². The molecule has 1 aromatic rings. The van der Waals surface area contributed by atoms with Gasteiger partial charge in [0.2, 0.25) is 0 Å². The largest absolute Gasteiger partial charge is 0.358 e. The first kappa shape index (κ1) is 13.1. The van der Waals surface area contributed by atoms with Crippen LogP contribution in [-0.4, -0.2) is 38.2 Å². The highest BCUT2D eigenvalue weighted by Gasteiger charge is 2.32. The number of likely N-dealkylation sites (tertiary alicyclic amines) is 1. The lowest BCUT2D eigenvalue weighted by molar-refractivity contribution is -0.391. The maximum Gasteiger partial charge on any atom is 0.323 e. The highest BCUT2D eigenvalue weighted by molar-refractivity contribution is 9.09. The number of aromatic nitrogens is 1. The molecule has 0 spiro atoms. The lowest BCUT2D eigenvalue weighted by Crippen LogP contribution is -2.37. The van der Waals surface area contributed by atoms with Gasteiger partial charge in [0.1, 0.15) is 0 Å². The Kier molecular flexibility index (Phi) is 3.70. The number of hydrogen-bond acceptors (Lipinski definition) is 3. The van der Waals surface area contributed by atoms with Gasteiger partial charge in [-0.25, -0.2) is 4.57 Å². The predicted molar refractivity (Wildman–Crippen MR) is 69.9 cm³/mol. The van der Waals surface area contributed by atoms with Gasteiger partial charge in [-0.15, -0.1) is 0 Å². The lowest BCUT2D eigenvalue weighted by atomic mass is 10.2. The standard InChI is InChI=1S/C11H14BrN3O3/c1-13-9(4-5-10(13)15(17)18)11(16)14-6-2-3-8(14)7-12/h4-5,8H,2-3,6-7H2,1H3. The summed E-state index contributed by atoms with van der Waals surface area (Å²) in [4.78, 5) is 24.4. The SMILES string of the molecule is Cn1c(C(=O)N2CCCC2CBr)ccc1[N+](=O)[O-]. The zero-order valence-electron chi connectivity index (χ0n) is 10.0. The fraction of sp³-hybridized carbons (Fsp3) is 0.545. The first-order chi connectivity index (χ1) is 8.56. The van der Waals surface area contributed by atoms with Crippen LogP contribution in [0.4, 0.5) is 5.82 Å². The molecule has 2 heterocycles. The maximum absolute atomic E-state index is 12.3. The third-order valence-electron chi connectivity index (χ3n) is 3.32. The number of carbonyl (C=O) groups is 1. The van der Waals surface area contributed by atoms with Crippen LogP contribution in [0.3, 0.4) is 0 Å². The molecule has 6 nitrogen and oxygen atoms in total. The molecule has 1 amide bonds. The van der Waals surface area contributed by atoms with E-state index in [4.69, 9.17) is 0 Å². The molecule has 1 unspecified atom stereocenters. The van der Waals surface area contributed by atoms with E-state index in [1.165, 1.54) is 16.7 Å². The van der Waals surface area contributed by atoms with Crippen molar-refractivity contribution >= 4 is 27.7 Å². The number of rotatable bonds is 3. The van der Waals surface area contributed by atoms with Gasteiger partial charge in [0, 0.05) is 24.0 Å². The molecule has 1 aromatic heterocycles. The molecular formula is C11H14BrN3O3. The van der Waals surface area contributed by atoms with Gasteiger partial charge in [-0.05, 0) is 23.8 Å². The second kappa shape index (κ2) is 5.09. The van der Waals surface area contributed by atoms with Crippen LogP contribution < -0.4 is 0 Å². The highest BCUT2D eigenvalue weighted by Crippen LogP contribution is 2.23. The number of hydrogen-bond donors (Lipinski definition) is 0. The van der Waals surface area contributed by atoms with Crippen molar-refractivity contribution in [3.05, 3.63) is 27.9 Å². The molecule has 0 bridgehead atoms. The molecule has 0 aromatic carbocycles. The van der Waals surface area contributed by atoms with Crippen LogP contribution in [0.1, 0.15) is 23.3 Å². The zero-order chi connectivity index (χ0) is 13.3. The molecule has 0 N–H and O–H groups in total. The fourth-order valence-electron chi connectivity index (χ4n) is 2.31. The Labute approximate surface area is 113 Å². The minimum absolute atomic E-state index is 0.0621. The first-order valence-electron chi connectivity index (χ1n) is 5.73. The molecule has 1 aliphatic rings. The van der Waals surface area contributed by atoms with E-state index >= 15 is 0 Å². The zero-order valence-corrected chi connectivity index (χ0v) is 11.6. The van der Waals surface area contributed by atoms with Gasteiger partial charge < -0.3 is 15.0 Å². The Hall–Kier alpha value is -1.37. The van der Waals surface area contributed by atoms with Crippen molar-refractivity contribution in [2.45, 2.75) is 18.9 Å². The van der Waals surface area contributed by atoms with Gasteiger partial charge in [-0.2, -0.15) is 0 Å². The van der Waals surface area contributed by atoms with Crippen molar-refractivity contribution in [3.63, 3.8) is 0 Å². The molecule has 98 valence electrons. The molecular weight excluding hydrogens is 302 g/mol. The van der Waals surface area contributed by atoms with E-state index in [0.29, 0.717) is 12.2 Å². The highest BCUT2D eigenvalue weighted by atomic mass is 79.9. The second-order valence-electron chi connectivity index (χ2n) is 4.34. The van der Waals surface area contributed by atoms with E-state index in [-0.39, 0.29) is 17.8 Å². The average molecular weight is 316 g/mol. The average Bonchev–Trinajstić information content (AvgIpc) is 2.93. The van der Waals surface area contributed by atoms with E-state index in [1.807, 2.05) is 0 Å². The molecule has 0 aliphatic carbocycles. The molecule has 1 saturated heterocycles. The Morgan fingerprint density at radius 3 is 2.89 bits per heavy atom. The van der Waals surface area contributed by atoms with Crippen LogP contribution in [-0.2, 0) is 7.05 Å². The van der Waals surface area contributed by atoms with Crippen molar-refractivity contribution in [1.82, 2.24) is 9.47 Å². The summed E-state index contributed by atoms with van der Waals surface area (Å²) in [5, 5.41) is 11.5. The summed E-state index contributed by atoms with van der Waals surface area (Å²) in [6.07, 6.45) is 1.96. The quantitative estimate of drug-likeness (QED) is 0.486. The number of amides is 1. The normalized spacial score (nSPS) is 19.2. The molecule has 2 rings (SSSR count). The van der Waals surface area contributed by atoms with E-state index in [9.17, 15) is 14.9 Å². The molecule has 1 aliphatic heterocycles. The number of nitro groups is 1. The number of halogens is 1. The minimum atomic E-state index is -0.483. The van der Waals surface area contributed by atoms with Gasteiger partial charge in [-0.1, -0.05) is 15.9 Å². The Balaban J connectivity index is 2.26. The molecule has 0 radical (unpaired) electrons. The van der Waals surface area contributed by atoms with Crippen molar-refractivity contribution in [3.8, 4) is 0 Å². The van der Waals surface area contributed by atoms with Crippen molar-refractivity contribution in [1.29, 1.82) is 0 Å². The number of carbonyl (C=O) groups excluding carboxylic acids is 1. The first-order valence-corrected chi connectivity index (χ1v) is 6.85. The van der Waals surface area contributed by atoms with Crippen LogP contribution in [0, 0.1) is 10.1 Å². The summed E-state index contributed by atoms with van der Waals surface area (Å²) in [5.41, 5.74) is 0.370. The topological polar surface area (TPSA) is 68.4 Å². The molecule has 1 atom stereocenters. The Bertz CT molecular complexity index is 486. The lowest BCUT2D eigenvalue weighted by Gasteiger charge is -2.21. The van der Waals surface area contributed by atoms with Crippen LogP contribution in [0.25, 0.3) is 0 Å². The summed E-state index contributed by atoms with van der Waals surface area (Å²) >= 11 is 3.40. The fourth-order valence-corrected chi connectivity index (χ4v) is 2.98. The maximum atomic E-state index is 12.3. The molecule has 7 heteroatoms. The van der Waals surface area contributed by atoms with Crippen LogP contribution in [0.2, 0.25) is 0 Å². The van der Waals surface area contributed by atoms with Crippen molar-refractivity contribution in [2.24, 2.45) is 7.05 Å². The summed E-state index contributed by atoms with van der Waals surface area (Å²) in [6, 6.07) is 3.07. The van der Waals surface area contributed by atoms with Gasteiger partial charge in [0.15, 0.2) is 5.69 Å². The Morgan fingerprint density at radius 2 is 2.33 bits per heavy atom. The van der Waals surface area contributed by atoms with E-state index in [1.54, 1.807) is 11.9 Å². The van der Waals surface area contributed by atoms with Crippen LogP contribution >= 0.6 is 15.9 Å². The minimum Gasteiger partial charge on any atom is -0.358 e. The van der Waals surface area contributed by atoms with E-state index in [2.05, 4.69) is 15.9 Å².